The zero-order chi connectivity index (χ0) is 12.1. The molecule has 0 spiro atoms. The lowest BCUT2D eigenvalue weighted by Crippen LogP contribution is -2.46. The lowest BCUT2D eigenvalue weighted by molar-refractivity contribution is -0.120. The Morgan fingerprint density at radius 1 is 1.56 bits per heavy atom. The van der Waals surface area contributed by atoms with Crippen LogP contribution in [-0.2, 0) is 4.79 Å². The second-order valence-electron chi connectivity index (χ2n) is 4.93. The number of hydrogen-bond donors (Lipinski definition) is 2. The summed E-state index contributed by atoms with van der Waals surface area (Å²) in [5, 5.41) is 2.97. The van der Waals surface area contributed by atoms with Crippen molar-refractivity contribution in [2.45, 2.75) is 45.2 Å². The van der Waals surface area contributed by atoms with Crippen molar-refractivity contribution < 1.29 is 4.79 Å². The van der Waals surface area contributed by atoms with Crippen LogP contribution >= 0.6 is 0 Å². The maximum atomic E-state index is 11.1. The highest BCUT2D eigenvalue weighted by molar-refractivity contribution is 5.79. The van der Waals surface area contributed by atoms with E-state index in [9.17, 15) is 4.79 Å². The first-order valence-corrected chi connectivity index (χ1v) is 6.27. The Morgan fingerprint density at radius 2 is 2.25 bits per heavy atom. The van der Waals surface area contributed by atoms with Crippen LogP contribution in [-0.4, -0.2) is 43.0 Å². The molecule has 4 nitrogen and oxygen atoms in total. The molecule has 1 saturated heterocycles. The van der Waals surface area contributed by atoms with E-state index in [4.69, 9.17) is 5.73 Å². The molecule has 3 unspecified atom stereocenters. The van der Waals surface area contributed by atoms with Gasteiger partial charge in [-0.25, -0.2) is 0 Å². The van der Waals surface area contributed by atoms with Gasteiger partial charge < -0.3 is 16.0 Å². The SMILES string of the molecule is CNC(CCN1CCCC(C)C1C)C(N)=O. The number of nitrogens with zero attached hydrogens (tertiary/aromatic N) is 1. The summed E-state index contributed by atoms with van der Waals surface area (Å²) in [5.74, 6) is 0.510. The fourth-order valence-electron chi connectivity index (χ4n) is 2.46. The van der Waals surface area contributed by atoms with Crippen molar-refractivity contribution in [1.29, 1.82) is 0 Å². The number of carbonyl (C=O) groups excluding carboxylic acids is 1. The minimum atomic E-state index is -0.250. The van der Waals surface area contributed by atoms with Crippen LogP contribution in [0.3, 0.4) is 0 Å². The van der Waals surface area contributed by atoms with Gasteiger partial charge in [-0.1, -0.05) is 6.92 Å². The van der Waals surface area contributed by atoms with E-state index in [0.29, 0.717) is 6.04 Å². The molecular formula is C12H25N3O. The van der Waals surface area contributed by atoms with E-state index in [1.165, 1.54) is 12.8 Å². The quantitative estimate of drug-likeness (QED) is 0.722. The van der Waals surface area contributed by atoms with Gasteiger partial charge in [0.05, 0.1) is 6.04 Å². The average Bonchev–Trinajstić information content (AvgIpc) is 2.24. The number of nitrogens with one attached hydrogen (secondary N) is 1. The molecule has 1 amide bonds. The number of nitrogens with two attached hydrogens (primary N) is 1. The summed E-state index contributed by atoms with van der Waals surface area (Å²) in [5.41, 5.74) is 5.30. The van der Waals surface area contributed by atoms with Crippen molar-refractivity contribution in [3.8, 4) is 0 Å². The van der Waals surface area contributed by atoms with Crippen molar-refractivity contribution >= 4 is 5.91 Å². The van der Waals surface area contributed by atoms with E-state index in [-0.39, 0.29) is 11.9 Å². The Labute approximate surface area is 98.6 Å². The predicted molar refractivity (Wildman–Crippen MR) is 66.1 cm³/mol. The molecule has 0 bridgehead atoms. The van der Waals surface area contributed by atoms with E-state index >= 15 is 0 Å². The van der Waals surface area contributed by atoms with Crippen LogP contribution < -0.4 is 11.1 Å². The maximum Gasteiger partial charge on any atom is 0.234 e. The monoisotopic (exact) mass is 227 g/mol. The molecule has 16 heavy (non-hydrogen) atoms. The van der Waals surface area contributed by atoms with E-state index in [1.807, 2.05) is 0 Å². The fraction of sp³-hybridized carbons (Fsp3) is 0.917. The first kappa shape index (κ1) is 13.5. The molecular weight excluding hydrogens is 202 g/mol. The van der Waals surface area contributed by atoms with Gasteiger partial charge in [-0.15, -0.1) is 0 Å². The smallest absolute Gasteiger partial charge is 0.234 e. The van der Waals surface area contributed by atoms with Gasteiger partial charge in [-0.05, 0) is 45.7 Å². The molecule has 94 valence electrons. The second kappa shape index (κ2) is 6.21. The summed E-state index contributed by atoms with van der Waals surface area (Å²) in [6.07, 6.45) is 3.40. The molecule has 3 N–H and O–H groups in total. The normalized spacial score (nSPS) is 28.9. The van der Waals surface area contributed by atoms with Gasteiger partial charge in [0.2, 0.25) is 5.91 Å². The van der Waals surface area contributed by atoms with Crippen molar-refractivity contribution in [2.24, 2.45) is 11.7 Å². The Morgan fingerprint density at radius 3 is 2.81 bits per heavy atom. The van der Waals surface area contributed by atoms with Crippen LogP contribution in [0.1, 0.15) is 33.1 Å². The van der Waals surface area contributed by atoms with E-state index in [2.05, 4.69) is 24.1 Å². The van der Waals surface area contributed by atoms with E-state index < -0.39 is 0 Å². The topological polar surface area (TPSA) is 58.4 Å². The summed E-state index contributed by atoms with van der Waals surface area (Å²) in [6.45, 7) is 6.70. The standard InChI is InChI=1S/C12H25N3O/c1-9-5-4-7-15(10(9)2)8-6-11(14-3)12(13)16/h9-11,14H,4-8H2,1-3H3,(H2,13,16). The summed E-state index contributed by atoms with van der Waals surface area (Å²) in [6, 6.07) is 0.434. The van der Waals surface area contributed by atoms with Gasteiger partial charge in [0.25, 0.3) is 0 Å². The maximum absolute atomic E-state index is 11.1. The minimum absolute atomic E-state index is 0.190. The van der Waals surface area contributed by atoms with Gasteiger partial charge >= 0.3 is 0 Å². The van der Waals surface area contributed by atoms with Crippen LogP contribution in [0.2, 0.25) is 0 Å². The van der Waals surface area contributed by atoms with Crippen LogP contribution in [0, 0.1) is 5.92 Å². The number of likely N-dealkylation sites (N-methyl/N-ethyl adjacent to an activating group) is 1. The molecule has 0 radical (unpaired) electrons. The van der Waals surface area contributed by atoms with Crippen LogP contribution in [0.25, 0.3) is 0 Å². The first-order valence-electron chi connectivity index (χ1n) is 6.27. The fourth-order valence-corrected chi connectivity index (χ4v) is 2.46. The average molecular weight is 227 g/mol. The van der Waals surface area contributed by atoms with Crippen LogP contribution in [0.5, 0.6) is 0 Å². The number of amides is 1. The highest BCUT2D eigenvalue weighted by Crippen LogP contribution is 2.22. The Bertz CT molecular complexity index is 232. The zero-order valence-electron chi connectivity index (χ0n) is 10.7. The molecule has 0 aromatic rings. The third kappa shape index (κ3) is 3.46. The second-order valence-corrected chi connectivity index (χ2v) is 4.93. The molecule has 0 saturated carbocycles. The van der Waals surface area contributed by atoms with Crippen LogP contribution in [0.15, 0.2) is 0 Å². The van der Waals surface area contributed by atoms with Gasteiger partial charge in [0.1, 0.15) is 0 Å². The lowest BCUT2D eigenvalue weighted by atomic mass is 9.92. The van der Waals surface area contributed by atoms with Gasteiger partial charge in [0, 0.05) is 12.6 Å². The highest BCUT2D eigenvalue weighted by atomic mass is 16.1. The molecule has 1 heterocycles. The first-order chi connectivity index (χ1) is 7.56. The highest BCUT2D eigenvalue weighted by Gasteiger charge is 2.25. The molecule has 0 aromatic heterocycles. The summed E-state index contributed by atoms with van der Waals surface area (Å²) < 4.78 is 0. The number of piperidine rings is 1. The molecule has 1 aliphatic heterocycles. The Kier molecular flexibility index (Phi) is 5.22. The molecule has 0 aromatic carbocycles. The largest absolute Gasteiger partial charge is 0.368 e. The molecule has 3 atom stereocenters. The summed E-state index contributed by atoms with van der Waals surface area (Å²) >= 11 is 0. The zero-order valence-corrected chi connectivity index (χ0v) is 10.7. The number of hydrogen-bond acceptors (Lipinski definition) is 3. The predicted octanol–water partition coefficient (Wildman–Crippen LogP) is 0.570. The van der Waals surface area contributed by atoms with Gasteiger partial charge in [-0.2, -0.15) is 0 Å². The van der Waals surface area contributed by atoms with E-state index in [1.54, 1.807) is 7.05 Å². The Hall–Kier alpha value is -0.610. The lowest BCUT2D eigenvalue weighted by Gasteiger charge is -2.38. The van der Waals surface area contributed by atoms with E-state index in [0.717, 1.165) is 25.4 Å². The van der Waals surface area contributed by atoms with Gasteiger partial charge in [-0.3, -0.25) is 4.79 Å². The number of likely N-dealkylation sites (tertiary alicyclic amines) is 1. The third-order valence-corrected chi connectivity index (χ3v) is 3.90. The number of rotatable bonds is 5. The summed E-state index contributed by atoms with van der Waals surface area (Å²) in [7, 11) is 1.79. The van der Waals surface area contributed by atoms with Crippen molar-refractivity contribution in [1.82, 2.24) is 10.2 Å². The summed E-state index contributed by atoms with van der Waals surface area (Å²) in [4.78, 5) is 13.6. The van der Waals surface area contributed by atoms with Crippen molar-refractivity contribution in [3.05, 3.63) is 0 Å². The van der Waals surface area contributed by atoms with Gasteiger partial charge in [0.15, 0.2) is 0 Å². The third-order valence-electron chi connectivity index (χ3n) is 3.90. The number of carbonyl (C=O) groups is 1. The number of primary amides is 1. The molecule has 0 aliphatic carbocycles. The Balaban J connectivity index is 2.38. The molecule has 4 heteroatoms. The molecule has 1 rings (SSSR count). The minimum Gasteiger partial charge on any atom is -0.368 e. The van der Waals surface area contributed by atoms with Crippen LogP contribution in [0.4, 0.5) is 0 Å². The molecule has 1 fully saturated rings. The van der Waals surface area contributed by atoms with Crippen molar-refractivity contribution in [3.63, 3.8) is 0 Å². The van der Waals surface area contributed by atoms with Crippen molar-refractivity contribution in [2.75, 3.05) is 20.1 Å². The molecule has 1 aliphatic rings.